The van der Waals surface area contributed by atoms with Gasteiger partial charge in [0, 0.05) is 45.8 Å². The molecule has 0 saturated heterocycles. The number of para-hydroxylation sites is 2. The lowest BCUT2D eigenvalue weighted by atomic mass is 9.99. The molecule has 0 saturated carbocycles. The Hall–Kier alpha value is -7.51. The zero-order chi connectivity index (χ0) is 36.7. The Morgan fingerprint density at radius 3 is 1.69 bits per heavy atom. The van der Waals surface area contributed by atoms with E-state index in [2.05, 4.69) is 141 Å². The third-order valence-corrected chi connectivity index (χ3v) is 10.1. The van der Waals surface area contributed by atoms with E-state index >= 15 is 0 Å². The zero-order valence-electron chi connectivity index (χ0n) is 29.9. The molecule has 3 aromatic heterocycles. The molecule has 1 N–H and O–H groups in total. The second-order valence-electron chi connectivity index (χ2n) is 13.5. The minimum atomic E-state index is 0.674. The number of nitrogens with one attached hydrogen (secondary N) is 1. The number of hydrogen-bond acceptors (Lipinski definition) is 6. The zero-order valence-corrected chi connectivity index (χ0v) is 29.9. The molecule has 10 rings (SSSR count). The first-order valence-electron chi connectivity index (χ1n) is 18.3. The summed E-state index contributed by atoms with van der Waals surface area (Å²) in [6.45, 7) is 0. The van der Waals surface area contributed by atoms with Crippen LogP contribution >= 0.6 is 0 Å². The van der Waals surface area contributed by atoms with E-state index in [1.165, 1.54) is 5.56 Å². The summed E-state index contributed by atoms with van der Waals surface area (Å²) in [6, 6.07) is 60.5. The highest BCUT2D eigenvalue weighted by Crippen LogP contribution is 2.35. The summed E-state index contributed by atoms with van der Waals surface area (Å²) in [5.41, 5.74) is 12.9. The van der Waals surface area contributed by atoms with E-state index in [4.69, 9.17) is 15.0 Å². The van der Waals surface area contributed by atoms with Gasteiger partial charge in [-0.15, -0.1) is 10.2 Å². The predicted octanol–water partition coefficient (Wildman–Crippen LogP) is 11.3. The first-order chi connectivity index (χ1) is 27.2. The Bertz CT molecular complexity index is 3010. The maximum Gasteiger partial charge on any atom is 0.172 e. The number of fused-ring (bicyclic) bond motifs is 4. The average molecular weight is 708 g/mol. The van der Waals surface area contributed by atoms with Crippen LogP contribution in [0.4, 0.5) is 5.69 Å². The molecule has 0 aliphatic rings. The molecule has 0 unspecified atom stereocenters. The molecule has 7 aromatic carbocycles. The highest BCUT2D eigenvalue weighted by Gasteiger charge is 2.18. The fourth-order valence-electron chi connectivity index (χ4n) is 7.30. The Labute approximate surface area is 317 Å². The molecule has 7 heteroatoms. The van der Waals surface area contributed by atoms with Crippen molar-refractivity contribution in [2.45, 2.75) is 0 Å². The van der Waals surface area contributed by atoms with Crippen molar-refractivity contribution in [1.29, 1.82) is 0 Å². The molecule has 0 fully saturated rings. The van der Waals surface area contributed by atoms with E-state index in [0.29, 0.717) is 5.82 Å². The average Bonchev–Trinajstić information content (AvgIpc) is 3.72. The molecule has 3 heterocycles. The van der Waals surface area contributed by atoms with E-state index in [0.717, 1.165) is 89.4 Å². The van der Waals surface area contributed by atoms with Gasteiger partial charge < -0.3 is 5.32 Å². The molecular weight excluding hydrogens is 675 g/mol. The van der Waals surface area contributed by atoms with E-state index in [1.807, 2.05) is 61.6 Å². The van der Waals surface area contributed by atoms with Crippen LogP contribution in [0.15, 0.2) is 176 Å². The van der Waals surface area contributed by atoms with Crippen molar-refractivity contribution >= 4 is 33.1 Å². The van der Waals surface area contributed by atoms with Crippen LogP contribution in [0.3, 0.4) is 0 Å². The largest absolute Gasteiger partial charge is 0.388 e. The SMILES string of the molecule is CNc1ccc(-c2ccc(-c3nc(-c4cccc(-c5cccc(-c6nc7ccccc7c7nnc(-c8ccccc8)n67)c5)c4)nc4ccccc34)cc2)cc1. The van der Waals surface area contributed by atoms with Gasteiger partial charge >= 0.3 is 0 Å². The Kier molecular flexibility index (Phi) is 7.88. The number of anilines is 1. The molecule has 55 heavy (non-hydrogen) atoms. The van der Waals surface area contributed by atoms with Crippen LogP contribution in [-0.4, -0.2) is 36.6 Å². The molecule has 0 aliphatic heterocycles. The number of aromatic nitrogens is 6. The second-order valence-corrected chi connectivity index (χ2v) is 13.5. The van der Waals surface area contributed by atoms with Gasteiger partial charge in [0.05, 0.1) is 16.7 Å². The van der Waals surface area contributed by atoms with Gasteiger partial charge in [0.15, 0.2) is 17.3 Å². The lowest BCUT2D eigenvalue weighted by molar-refractivity contribution is 1.10. The van der Waals surface area contributed by atoms with Crippen molar-refractivity contribution in [1.82, 2.24) is 29.5 Å². The first-order valence-corrected chi connectivity index (χ1v) is 18.3. The smallest absolute Gasteiger partial charge is 0.172 e. The molecule has 0 atom stereocenters. The maximum atomic E-state index is 5.22. The van der Waals surface area contributed by atoms with Gasteiger partial charge in [-0.3, -0.25) is 4.40 Å². The van der Waals surface area contributed by atoms with Crippen LogP contribution in [0.1, 0.15) is 0 Å². The summed E-state index contributed by atoms with van der Waals surface area (Å²) in [7, 11) is 1.93. The van der Waals surface area contributed by atoms with E-state index in [-0.39, 0.29) is 0 Å². The molecule has 10 aromatic rings. The van der Waals surface area contributed by atoms with Gasteiger partial charge in [-0.05, 0) is 64.7 Å². The minimum absolute atomic E-state index is 0.674. The number of hydrogen-bond donors (Lipinski definition) is 1. The highest BCUT2D eigenvalue weighted by molar-refractivity contribution is 5.95. The minimum Gasteiger partial charge on any atom is -0.388 e. The van der Waals surface area contributed by atoms with E-state index < -0.39 is 0 Å². The van der Waals surface area contributed by atoms with Crippen molar-refractivity contribution in [3.05, 3.63) is 176 Å². The summed E-state index contributed by atoms with van der Waals surface area (Å²) in [4.78, 5) is 15.5. The summed E-state index contributed by atoms with van der Waals surface area (Å²) in [5, 5.41) is 14.5. The quantitative estimate of drug-likeness (QED) is 0.178. The van der Waals surface area contributed by atoms with Gasteiger partial charge in [0.2, 0.25) is 0 Å². The number of benzene rings is 7. The molecule has 260 valence electrons. The van der Waals surface area contributed by atoms with Gasteiger partial charge in [0.25, 0.3) is 0 Å². The third-order valence-electron chi connectivity index (χ3n) is 10.1. The van der Waals surface area contributed by atoms with Gasteiger partial charge in [-0.1, -0.05) is 133 Å². The third kappa shape index (κ3) is 5.84. The monoisotopic (exact) mass is 707 g/mol. The van der Waals surface area contributed by atoms with Crippen molar-refractivity contribution < 1.29 is 0 Å². The maximum absolute atomic E-state index is 5.22. The summed E-state index contributed by atoms with van der Waals surface area (Å²) < 4.78 is 2.07. The molecule has 7 nitrogen and oxygen atoms in total. The van der Waals surface area contributed by atoms with Crippen molar-refractivity contribution in [3.63, 3.8) is 0 Å². The molecule has 0 bridgehead atoms. The van der Waals surface area contributed by atoms with Crippen molar-refractivity contribution in [3.8, 4) is 67.7 Å². The first kappa shape index (κ1) is 32.2. The van der Waals surface area contributed by atoms with Gasteiger partial charge in [0.1, 0.15) is 5.82 Å². The van der Waals surface area contributed by atoms with Crippen LogP contribution in [0.5, 0.6) is 0 Å². The van der Waals surface area contributed by atoms with Crippen LogP contribution in [-0.2, 0) is 0 Å². The van der Waals surface area contributed by atoms with E-state index in [1.54, 1.807) is 0 Å². The summed E-state index contributed by atoms with van der Waals surface area (Å²) in [6.07, 6.45) is 0. The van der Waals surface area contributed by atoms with Crippen molar-refractivity contribution in [2.24, 2.45) is 0 Å². The summed E-state index contributed by atoms with van der Waals surface area (Å²) in [5.74, 6) is 2.20. The summed E-state index contributed by atoms with van der Waals surface area (Å²) >= 11 is 0. The van der Waals surface area contributed by atoms with Crippen LogP contribution in [0.25, 0.3) is 95.1 Å². The number of nitrogens with zero attached hydrogens (tertiary/aromatic N) is 6. The molecular formula is C48H33N7. The fourth-order valence-corrected chi connectivity index (χ4v) is 7.30. The standard InChI is InChI=1S/C48H33N7/c1-49-39-27-25-32(26-28-39)31-21-23-33(24-22-31)44-40-17-5-7-19-42(40)50-45(52-44)37-15-9-13-35(29-37)36-14-10-16-38(30-36)46-51-43-20-8-6-18-41(43)48-54-53-47(55(46)48)34-11-3-2-4-12-34/h2-30,49H,1H3. The van der Waals surface area contributed by atoms with Crippen LogP contribution in [0.2, 0.25) is 0 Å². The topological polar surface area (TPSA) is 80.9 Å². The van der Waals surface area contributed by atoms with Crippen molar-refractivity contribution in [2.75, 3.05) is 12.4 Å². The Morgan fingerprint density at radius 1 is 0.400 bits per heavy atom. The number of rotatable bonds is 7. The van der Waals surface area contributed by atoms with Crippen LogP contribution in [0, 0.1) is 0 Å². The lowest BCUT2D eigenvalue weighted by Crippen LogP contribution is -2.00. The fraction of sp³-hybridized carbons (Fsp3) is 0.0208. The predicted molar refractivity (Wildman–Crippen MR) is 224 cm³/mol. The highest BCUT2D eigenvalue weighted by atomic mass is 15.3. The van der Waals surface area contributed by atoms with Crippen LogP contribution < -0.4 is 5.32 Å². The second kappa shape index (κ2) is 13.5. The van der Waals surface area contributed by atoms with Gasteiger partial charge in [-0.25, -0.2) is 15.0 Å². The Morgan fingerprint density at radius 2 is 0.964 bits per heavy atom. The molecule has 0 aliphatic carbocycles. The lowest BCUT2D eigenvalue weighted by Gasteiger charge is -2.12. The molecule has 0 amide bonds. The van der Waals surface area contributed by atoms with Gasteiger partial charge in [-0.2, -0.15) is 0 Å². The molecule has 0 spiro atoms. The normalized spacial score (nSPS) is 11.4. The van der Waals surface area contributed by atoms with E-state index in [9.17, 15) is 0 Å². The molecule has 0 radical (unpaired) electrons. The Balaban J connectivity index is 1.05.